The molecule has 3 aromatic carbocycles. The van der Waals surface area contributed by atoms with Gasteiger partial charge in [0.15, 0.2) is 11.5 Å². The smallest absolute Gasteiger partial charge is 0.293 e. The average molecular weight is 542 g/mol. The number of fused-ring (bicyclic) bond motifs is 1. The second-order valence-corrected chi connectivity index (χ2v) is 11.1. The van der Waals surface area contributed by atoms with E-state index in [1.54, 1.807) is 6.08 Å². The van der Waals surface area contributed by atoms with Crippen molar-refractivity contribution in [2.45, 2.75) is 52.1 Å². The van der Waals surface area contributed by atoms with Crippen molar-refractivity contribution >= 4 is 39.8 Å². The Morgan fingerprint density at radius 3 is 2.59 bits per heavy atom. The zero-order valence-electron chi connectivity index (χ0n) is 22.5. The molecule has 0 bridgehead atoms. The number of thioether (sulfide) groups is 1. The molecule has 6 heteroatoms. The Labute approximate surface area is 234 Å². The molecule has 5 nitrogen and oxygen atoms in total. The van der Waals surface area contributed by atoms with Gasteiger partial charge in [-0.15, -0.1) is 6.58 Å². The monoisotopic (exact) mass is 541 g/mol. The summed E-state index contributed by atoms with van der Waals surface area (Å²) < 4.78 is 12.4. The molecule has 39 heavy (non-hydrogen) atoms. The summed E-state index contributed by atoms with van der Waals surface area (Å²) in [6.45, 7) is 7.25. The number of hydrogen-bond donors (Lipinski definition) is 0. The molecule has 1 aliphatic heterocycles. The summed E-state index contributed by atoms with van der Waals surface area (Å²) in [5, 5.41) is 2.15. The first kappa shape index (κ1) is 27.1. The lowest BCUT2D eigenvalue weighted by Crippen LogP contribution is -2.34. The first-order chi connectivity index (χ1) is 19.1. The SMILES string of the molecule is C=CCc1cc(/C=C2/SC(=O)N(CC3CCCCC3)C2=O)cc(OCC)c1OCc1cccc2ccccc12. The van der Waals surface area contributed by atoms with E-state index in [9.17, 15) is 9.59 Å². The highest BCUT2D eigenvalue weighted by molar-refractivity contribution is 8.18. The van der Waals surface area contributed by atoms with Crippen molar-refractivity contribution in [2.24, 2.45) is 5.92 Å². The number of ether oxygens (including phenoxy) is 2. The van der Waals surface area contributed by atoms with Gasteiger partial charge in [0.2, 0.25) is 0 Å². The maximum absolute atomic E-state index is 13.2. The molecular weight excluding hydrogens is 506 g/mol. The highest BCUT2D eigenvalue weighted by Gasteiger charge is 2.36. The molecule has 202 valence electrons. The molecule has 0 atom stereocenters. The lowest BCUT2D eigenvalue weighted by Gasteiger charge is -2.25. The maximum atomic E-state index is 13.2. The highest BCUT2D eigenvalue weighted by atomic mass is 32.2. The van der Waals surface area contributed by atoms with Crippen LogP contribution in [0.4, 0.5) is 4.79 Å². The van der Waals surface area contributed by atoms with Crippen molar-refractivity contribution in [3.63, 3.8) is 0 Å². The summed E-state index contributed by atoms with van der Waals surface area (Å²) in [5.74, 6) is 1.50. The van der Waals surface area contributed by atoms with Gasteiger partial charge in [0.1, 0.15) is 6.61 Å². The van der Waals surface area contributed by atoms with Gasteiger partial charge < -0.3 is 9.47 Å². The van der Waals surface area contributed by atoms with Gasteiger partial charge in [-0.3, -0.25) is 14.5 Å². The largest absolute Gasteiger partial charge is 0.490 e. The molecule has 0 aromatic heterocycles. The van der Waals surface area contributed by atoms with Gasteiger partial charge in [0, 0.05) is 12.1 Å². The van der Waals surface area contributed by atoms with Crippen molar-refractivity contribution in [1.29, 1.82) is 0 Å². The van der Waals surface area contributed by atoms with Crippen LogP contribution in [0, 0.1) is 5.92 Å². The van der Waals surface area contributed by atoms with Crippen molar-refractivity contribution in [3.05, 3.63) is 88.8 Å². The van der Waals surface area contributed by atoms with Crippen molar-refractivity contribution in [3.8, 4) is 11.5 Å². The van der Waals surface area contributed by atoms with Crippen LogP contribution in [0.2, 0.25) is 0 Å². The zero-order chi connectivity index (χ0) is 27.2. The highest BCUT2D eigenvalue weighted by Crippen LogP contribution is 2.39. The molecule has 0 radical (unpaired) electrons. The summed E-state index contributed by atoms with van der Waals surface area (Å²) in [5.41, 5.74) is 2.82. The summed E-state index contributed by atoms with van der Waals surface area (Å²) in [6, 6.07) is 18.4. The van der Waals surface area contributed by atoms with Crippen molar-refractivity contribution in [2.75, 3.05) is 13.2 Å². The molecule has 2 fully saturated rings. The third kappa shape index (κ3) is 6.22. The van der Waals surface area contributed by atoms with Gasteiger partial charge in [-0.1, -0.05) is 67.8 Å². The molecule has 3 aromatic rings. The van der Waals surface area contributed by atoms with Crippen LogP contribution in [0.3, 0.4) is 0 Å². The van der Waals surface area contributed by atoms with Gasteiger partial charge >= 0.3 is 0 Å². The number of imide groups is 1. The number of rotatable bonds is 10. The van der Waals surface area contributed by atoms with Crippen molar-refractivity contribution < 1.29 is 19.1 Å². The van der Waals surface area contributed by atoms with E-state index in [0.29, 0.717) is 48.5 Å². The summed E-state index contributed by atoms with van der Waals surface area (Å²) in [4.78, 5) is 27.8. The van der Waals surface area contributed by atoms with Gasteiger partial charge in [0.05, 0.1) is 11.5 Å². The molecule has 2 aliphatic rings. The minimum absolute atomic E-state index is 0.178. The molecule has 1 saturated heterocycles. The van der Waals surface area contributed by atoms with E-state index in [2.05, 4.69) is 30.8 Å². The predicted molar refractivity (Wildman–Crippen MR) is 159 cm³/mol. The fraction of sp³-hybridized carbons (Fsp3) is 0.333. The van der Waals surface area contributed by atoms with Crippen LogP contribution in [-0.4, -0.2) is 29.2 Å². The Bertz CT molecular complexity index is 1400. The van der Waals surface area contributed by atoms with Crippen LogP contribution in [0.1, 0.15) is 55.7 Å². The van der Waals surface area contributed by atoms with E-state index >= 15 is 0 Å². The molecule has 1 aliphatic carbocycles. The van der Waals surface area contributed by atoms with E-state index in [0.717, 1.165) is 46.7 Å². The van der Waals surface area contributed by atoms with Crippen LogP contribution in [0.5, 0.6) is 11.5 Å². The van der Waals surface area contributed by atoms with E-state index in [1.165, 1.54) is 29.5 Å². The van der Waals surface area contributed by atoms with Gasteiger partial charge in [-0.25, -0.2) is 0 Å². The third-order valence-corrected chi connectivity index (χ3v) is 8.31. The van der Waals surface area contributed by atoms with Gasteiger partial charge in [0.25, 0.3) is 11.1 Å². The third-order valence-electron chi connectivity index (χ3n) is 7.41. The second-order valence-electron chi connectivity index (χ2n) is 10.2. The molecule has 0 unspecified atom stereocenters. The quantitative estimate of drug-likeness (QED) is 0.191. The standard InChI is InChI=1S/C33H35NO4S/c1-3-11-26-18-24(20-30-32(35)34(33(36)39-30)21-23-12-6-5-7-13-23)19-29(37-4-2)31(26)38-22-27-16-10-15-25-14-8-9-17-28(25)27/h3,8-10,14-20,23H,1,4-7,11-13,21-22H2,2H3/b30-20+. The fourth-order valence-electron chi connectivity index (χ4n) is 5.51. The van der Waals surface area contributed by atoms with E-state index in [-0.39, 0.29) is 11.1 Å². The number of benzene rings is 3. The topological polar surface area (TPSA) is 55.8 Å². The molecule has 0 spiro atoms. The average Bonchev–Trinajstić information content (AvgIpc) is 3.20. The van der Waals surface area contributed by atoms with Gasteiger partial charge in [-0.05, 0) is 84.0 Å². The fourth-order valence-corrected chi connectivity index (χ4v) is 6.35. The Hall–Kier alpha value is -3.51. The number of carbonyl (C=O) groups excluding carboxylic acids is 2. The number of carbonyl (C=O) groups is 2. The molecule has 2 amide bonds. The van der Waals surface area contributed by atoms with Crippen molar-refractivity contribution in [1.82, 2.24) is 4.90 Å². The Morgan fingerprint density at radius 2 is 1.79 bits per heavy atom. The van der Waals surface area contributed by atoms with Crippen LogP contribution >= 0.6 is 11.8 Å². The van der Waals surface area contributed by atoms with E-state index < -0.39 is 0 Å². The summed E-state index contributed by atoms with van der Waals surface area (Å²) in [7, 11) is 0. The summed E-state index contributed by atoms with van der Waals surface area (Å²) >= 11 is 1.02. The molecule has 1 saturated carbocycles. The zero-order valence-corrected chi connectivity index (χ0v) is 23.3. The van der Waals surface area contributed by atoms with Crippen LogP contribution in [0.25, 0.3) is 16.8 Å². The first-order valence-electron chi connectivity index (χ1n) is 13.8. The molecule has 0 N–H and O–H groups in total. The Morgan fingerprint density at radius 1 is 1.00 bits per heavy atom. The molecule has 5 rings (SSSR count). The number of hydrogen-bond acceptors (Lipinski definition) is 5. The number of amides is 2. The van der Waals surface area contributed by atoms with Crippen LogP contribution < -0.4 is 9.47 Å². The first-order valence-corrected chi connectivity index (χ1v) is 14.6. The minimum atomic E-state index is -0.199. The Balaban J connectivity index is 1.41. The lowest BCUT2D eigenvalue weighted by molar-refractivity contribution is -0.123. The lowest BCUT2D eigenvalue weighted by atomic mass is 9.89. The molecular formula is C33H35NO4S. The normalized spacial score (nSPS) is 17.3. The van der Waals surface area contributed by atoms with Crippen LogP contribution in [0.15, 0.2) is 72.2 Å². The number of allylic oxidation sites excluding steroid dienone is 1. The van der Waals surface area contributed by atoms with E-state index in [4.69, 9.17) is 9.47 Å². The maximum Gasteiger partial charge on any atom is 0.293 e. The number of nitrogens with zero attached hydrogens (tertiary/aromatic N) is 1. The Kier molecular flexibility index (Phi) is 8.72. The second kappa shape index (κ2) is 12.6. The van der Waals surface area contributed by atoms with Crippen LogP contribution in [-0.2, 0) is 17.8 Å². The summed E-state index contributed by atoms with van der Waals surface area (Å²) in [6.07, 6.45) is 9.99. The van der Waals surface area contributed by atoms with E-state index in [1.807, 2.05) is 43.3 Å². The minimum Gasteiger partial charge on any atom is -0.490 e. The predicted octanol–water partition coefficient (Wildman–Crippen LogP) is 8.16. The molecule has 1 heterocycles. The van der Waals surface area contributed by atoms with Gasteiger partial charge in [-0.2, -0.15) is 0 Å².